The van der Waals surface area contributed by atoms with Crippen LogP contribution in [0.2, 0.25) is 0 Å². The van der Waals surface area contributed by atoms with Gasteiger partial charge >= 0.3 is 5.97 Å². The Hall–Kier alpha value is -0.610. The van der Waals surface area contributed by atoms with E-state index in [0.29, 0.717) is 18.4 Å². The summed E-state index contributed by atoms with van der Waals surface area (Å²) in [5.74, 6) is 0.375. The molecular weight excluding hydrogens is 216 g/mol. The maximum Gasteiger partial charge on any atom is 0.325 e. The first-order valence-electron chi connectivity index (χ1n) is 6.79. The number of hydrogen-bond acceptors (Lipinski definition) is 3. The molecule has 98 valence electrons. The van der Waals surface area contributed by atoms with Gasteiger partial charge in [0.2, 0.25) is 0 Å². The fourth-order valence-corrected chi connectivity index (χ4v) is 3.06. The zero-order chi connectivity index (χ0) is 12.5. The summed E-state index contributed by atoms with van der Waals surface area (Å²) >= 11 is 0. The van der Waals surface area contributed by atoms with Crippen LogP contribution in [0.25, 0.3) is 0 Å². The van der Waals surface area contributed by atoms with Crippen LogP contribution in [-0.2, 0) is 4.79 Å². The van der Waals surface area contributed by atoms with Crippen molar-refractivity contribution in [2.24, 2.45) is 11.8 Å². The van der Waals surface area contributed by atoms with Gasteiger partial charge in [0.25, 0.3) is 0 Å². The van der Waals surface area contributed by atoms with Crippen LogP contribution in [0.1, 0.15) is 33.1 Å². The third-order valence-corrected chi connectivity index (χ3v) is 4.13. The fraction of sp³-hybridized carbons (Fsp3) is 0.923. The van der Waals surface area contributed by atoms with E-state index in [0.717, 1.165) is 32.5 Å². The second kappa shape index (κ2) is 4.94. The zero-order valence-corrected chi connectivity index (χ0v) is 10.9. The molecule has 1 heterocycles. The summed E-state index contributed by atoms with van der Waals surface area (Å²) in [5, 5.41) is 12.9. The van der Waals surface area contributed by atoms with Crippen molar-refractivity contribution in [3.63, 3.8) is 0 Å². The molecule has 0 amide bonds. The molecule has 0 spiro atoms. The molecule has 2 atom stereocenters. The number of carbonyl (C=O) groups is 1. The standard InChI is InChI=1S/C13H24N2O2/c1-3-14-13(12(16)17,11-4-5-11)9-15-7-6-10(2)8-15/h10-11,14H,3-9H2,1-2H3,(H,16,17). The van der Waals surface area contributed by atoms with Crippen molar-refractivity contribution in [3.8, 4) is 0 Å². The van der Waals surface area contributed by atoms with E-state index in [9.17, 15) is 9.90 Å². The highest BCUT2D eigenvalue weighted by molar-refractivity contribution is 5.80. The summed E-state index contributed by atoms with van der Waals surface area (Å²) in [5.41, 5.74) is -0.696. The molecule has 4 nitrogen and oxygen atoms in total. The number of carboxylic acids is 1. The van der Waals surface area contributed by atoms with Crippen molar-refractivity contribution in [3.05, 3.63) is 0 Å². The van der Waals surface area contributed by atoms with Gasteiger partial charge < -0.3 is 15.3 Å². The number of nitrogens with zero attached hydrogens (tertiary/aromatic N) is 1. The molecule has 0 radical (unpaired) electrons. The Morgan fingerprint density at radius 2 is 2.18 bits per heavy atom. The van der Waals surface area contributed by atoms with Gasteiger partial charge in [0.15, 0.2) is 0 Å². The minimum atomic E-state index is -0.696. The minimum Gasteiger partial charge on any atom is -0.480 e. The Balaban J connectivity index is 2.06. The molecule has 1 saturated carbocycles. The van der Waals surface area contributed by atoms with Crippen molar-refractivity contribution in [2.45, 2.75) is 38.6 Å². The monoisotopic (exact) mass is 240 g/mol. The Labute approximate surface area is 103 Å². The number of nitrogens with one attached hydrogen (secondary N) is 1. The van der Waals surface area contributed by atoms with Gasteiger partial charge in [-0.1, -0.05) is 13.8 Å². The van der Waals surface area contributed by atoms with Crippen molar-refractivity contribution in [1.29, 1.82) is 0 Å². The molecule has 2 fully saturated rings. The van der Waals surface area contributed by atoms with Crippen LogP contribution >= 0.6 is 0 Å². The lowest BCUT2D eigenvalue weighted by Gasteiger charge is -2.34. The first-order chi connectivity index (χ1) is 8.08. The molecule has 1 saturated heterocycles. The SMILES string of the molecule is CCNC(CN1CCC(C)C1)(C(=O)O)C1CC1. The maximum absolute atomic E-state index is 11.7. The number of likely N-dealkylation sites (N-methyl/N-ethyl adjacent to an activating group) is 1. The van der Waals surface area contributed by atoms with E-state index in [2.05, 4.69) is 17.1 Å². The number of rotatable bonds is 6. The van der Waals surface area contributed by atoms with Gasteiger partial charge in [-0.3, -0.25) is 4.79 Å². The summed E-state index contributed by atoms with van der Waals surface area (Å²) < 4.78 is 0. The Morgan fingerprint density at radius 3 is 2.59 bits per heavy atom. The molecule has 0 bridgehead atoms. The third-order valence-electron chi connectivity index (χ3n) is 4.13. The lowest BCUT2D eigenvalue weighted by molar-refractivity contribution is -0.146. The van der Waals surface area contributed by atoms with Crippen LogP contribution in [0.15, 0.2) is 0 Å². The molecule has 2 unspecified atom stereocenters. The topological polar surface area (TPSA) is 52.6 Å². The third kappa shape index (κ3) is 2.63. The van der Waals surface area contributed by atoms with Crippen molar-refractivity contribution < 1.29 is 9.90 Å². The quantitative estimate of drug-likeness (QED) is 0.732. The molecule has 0 aromatic heterocycles. The minimum absolute atomic E-state index is 0.329. The van der Waals surface area contributed by atoms with E-state index in [1.54, 1.807) is 0 Å². The molecule has 4 heteroatoms. The normalized spacial score (nSPS) is 29.2. The van der Waals surface area contributed by atoms with Crippen LogP contribution in [0.5, 0.6) is 0 Å². The fourth-order valence-electron chi connectivity index (χ4n) is 3.06. The van der Waals surface area contributed by atoms with Gasteiger partial charge in [0.05, 0.1) is 0 Å². The Kier molecular flexibility index (Phi) is 3.73. The second-order valence-corrected chi connectivity index (χ2v) is 5.71. The lowest BCUT2D eigenvalue weighted by Crippen LogP contribution is -2.60. The zero-order valence-electron chi connectivity index (χ0n) is 10.9. The molecule has 0 aromatic rings. The van der Waals surface area contributed by atoms with Crippen LogP contribution < -0.4 is 5.32 Å². The summed E-state index contributed by atoms with van der Waals surface area (Å²) in [6.45, 7) is 7.73. The number of carboxylic acid groups (broad SMARTS) is 1. The van der Waals surface area contributed by atoms with Gasteiger partial charge in [-0.15, -0.1) is 0 Å². The molecular formula is C13H24N2O2. The highest BCUT2D eigenvalue weighted by Crippen LogP contribution is 2.41. The molecule has 0 aromatic carbocycles. The average molecular weight is 240 g/mol. The Bertz CT molecular complexity index is 291. The van der Waals surface area contributed by atoms with Gasteiger partial charge in [0.1, 0.15) is 5.54 Å². The molecule has 17 heavy (non-hydrogen) atoms. The molecule has 1 aliphatic heterocycles. The van der Waals surface area contributed by atoms with Gasteiger partial charge in [-0.25, -0.2) is 0 Å². The first-order valence-corrected chi connectivity index (χ1v) is 6.79. The second-order valence-electron chi connectivity index (χ2n) is 5.71. The average Bonchev–Trinajstić information content (AvgIpc) is 3.03. The van der Waals surface area contributed by atoms with Crippen LogP contribution in [0, 0.1) is 11.8 Å². The summed E-state index contributed by atoms with van der Waals surface area (Å²) in [6, 6.07) is 0. The number of likely N-dealkylation sites (tertiary alicyclic amines) is 1. The molecule has 1 aliphatic carbocycles. The van der Waals surface area contributed by atoms with Crippen LogP contribution in [0.3, 0.4) is 0 Å². The summed E-state index contributed by atoms with van der Waals surface area (Å²) in [4.78, 5) is 14.0. The smallest absolute Gasteiger partial charge is 0.325 e. The van der Waals surface area contributed by atoms with E-state index in [1.807, 2.05) is 6.92 Å². The van der Waals surface area contributed by atoms with E-state index in [4.69, 9.17) is 0 Å². The van der Waals surface area contributed by atoms with Crippen molar-refractivity contribution >= 4 is 5.97 Å². The lowest BCUT2D eigenvalue weighted by atomic mass is 9.92. The highest BCUT2D eigenvalue weighted by Gasteiger charge is 2.51. The van der Waals surface area contributed by atoms with Crippen molar-refractivity contribution in [1.82, 2.24) is 10.2 Å². The molecule has 2 N–H and O–H groups in total. The highest BCUT2D eigenvalue weighted by atomic mass is 16.4. The predicted molar refractivity (Wildman–Crippen MR) is 67.0 cm³/mol. The first kappa shape index (κ1) is 12.8. The van der Waals surface area contributed by atoms with Crippen LogP contribution in [0.4, 0.5) is 0 Å². The maximum atomic E-state index is 11.7. The van der Waals surface area contributed by atoms with Gasteiger partial charge in [-0.05, 0) is 44.2 Å². The van der Waals surface area contributed by atoms with E-state index in [1.165, 1.54) is 6.42 Å². The summed E-state index contributed by atoms with van der Waals surface area (Å²) in [6.07, 6.45) is 3.32. The molecule has 2 rings (SSSR count). The summed E-state index contributed by atoms with van der Waals surface area (Å²) in [7, 11) is 0. The number of aliphatic carboxylic acids is 1. The van der Waals surface area contributed by atoms with E-state index < -0.39 is 11.5 Å². The predicted octanol–water partition coefficient (Wildman–Crippen LogP) is 1.17. The largest absolute Gasteiger partial charge is 0.480 e. The van der Waals surface area contributed by atoms with Gasteiger partial charge in [0, 0.05) is 13.1 Å². The van der Waals surface area contributed by atoms with Crippen molar-refractivity contribution in [2.75, 3.05) is 26.2 Å². The van der Waals surface area contributed by atoms with E-state index >= 15 is 0 Å². The van der Waals surface area contributed by atoms with E-state index in [-0.39, 0.29) is 0 Å². The van der Waals surface area contributed by atoms with Crippen LogP contribution in [-0.4, -0.2) is 47.7 Å². The molecule has 2 aliphatic rings. The number of hydrogen-bond donors (Lipinski definition) is 2. The Morgan fingerprint density at radius 1 is 1.47 bits per heavy atom. The van der Waals surface area contributed by atoms with Gasteiger partial charge in [-0.2, -0.15) is 0 Å².